The molecule has 0 amide bonds. The Morgan fingerprint density at radius 3 is 1.88 bits per heavy atom. The van der Waals surface area contributed by atoms with Crippen LogP contribution in [0.4, 0.5) is 5.69 Å². The van der Waals surface area contributed by atoms with Gasteiger partial charge < -0.3 is 15.9 Å². The monoisotopic (exact) mass is 230 g/mol. The molecular formula is C13H14N2O2. The molecule has 4 heteroatoms. The van der Waals surface area contributed by atoms with Gasteiger partial charge in [0.05, 0.1) is 30.0 Å². The summed E-state index contributed by atoms with van der Waals surface area (Å²) in [7, 11) is 0. The van der Waals surface area contributed by atoms with E-state index in [0.717, 1.165) is 0 Å². The van der Waals surface area contributed by atoms with Crippen molar-refractivity contribution in [1.82, 2.24) is 4.98 Å². The predicted octanol–water partition coefficient (Wildman–Crippen LogP) is 0.132. The highest BCUT2D eigenvalue weighted by molar-refractivity contribution is 5.64. The van der Waals surface area contributed by atoms with Crippen molar-refractivity contribution in [2.45, 2.75) is 12.8 Å². The Hall–Kier alpha value is -2.01. The zero-order chi connectivity index (χ0) is 12.5. The first-order valence-electron chi connectivity index (χ1n) is 5.22. The number of nitrogen functional groups attached to an aromatic ring is 1. The summed E-state index contributed by atoms with van der Waals surface area (Å²) >= 11 is 0. The van der Waals surface area contributed by atoms with Crippen LogP contribution in [-0.4, -0.2) is 28.4 Å². The number of nitrogens with two attached hydrogens (primary N) is 1. The number of hydrogen-bond acceptors (Lipinski definition) is 4. The van der Waals surface area contributed by atoms with Gasteiger partial charge in [0.2, 0.25) is 0 Å². The van der Waals surface area contributed by atoms with E-state index in [9.17, 15) is 0 Å². The van der Waals surface area contributed by atoms with Gasteiger partial charge in [-0.2, -0.15) is 0 Å². The van der Waals surface area contributed by atoms with Gasteiger partial charge in [-0.15, -0.1) is 0 Å². The summed E-state index contributed by atoms with van der Waals surface area (Å²) in [6.07, 6.45) is 3.94. The molecule has 0 atom stereocenters. The van der Waals surface area contributed by atoms with Crippen molar-refractivity contribution in [3.8, 4) is 23.7 Å². The van der Waals surface area contributed by atoms with Crippen molar-refractivity contribution in [2.75, 3.05) is 18.9 Å². The Labute approximate surface area is 100 Å². The zero-order valence-electron chi connectivity index (χ0n) is 9.40. The van der Waals surface area contributed by atoms with Gasteiger partial charge in [-0.25, -0.2) is 0 Å². The average molecular weight is 230 g/mol. The van der Waals surface area contributed by atoms with Crippen molar-refractivity contribution in [3.05, 3.63) is 23.5 Å². The molecule has 4 N–H and O–H groups in total. The lowest BCUT2D eigenvalue weighted by atomic mass is 10.1. The van der Waals surface area contributed by atoms with Crippen LogP contribution in [0.2, 0.25) is 0 Å². The molecule has 17 heavy (non-hydrogen) atoms. The van der Waals surface area contributed by atoms with Crippen LogP contribution in [0.15, 0.2) is 12.4 Å². The van der Waals surface area contributed by atoms with Gasteiger partial charge >= 0.3 is 0 Å². The van der Waals surface area contributed by atoms with E-state index in [-0.39, 0.29) is 13.2 Å². The largest absolute Gasteiger partial charge is 0.397 e. The fraction of sp³-hybridized carbons (Fsp3) is 0.308. The molecule has 88 valence electrons. The number of nitrogens with zero attached hydrogens (tertiary/aromatic N) is 1. The first-order valence-corrected chi connectivity index (χ1v) is 5.22. The van der Waals surface area contributed by atoms with Crippen molar-refractivity contribution in [3.63, 3.8) is 0 Å². The molecular weight excluding hydrogens is 216 g/mol. The van der Waals surface area contributed by atoms with Gasteiger partial charge in [0, 0.05) is 25.2 Å². The normalized spacial score (nSPS) is 8.82. The summed E-state index contributed by atoms with van der Waals surface area (Å²) < 4.78 is 0. The molecule has 0 bridgehead atoms. The smallest absolute Gasteiger partial charge is 0.0671 e. The Balaban J connectivity index is 2.93. The van der Waals surface area contributed by atoms with Crippen molar-refractivity contribution >= 4 is 5.69 Å². The molecule has 0 aromatic carbocycles. The minimum absolute atomic E-state index is 0.0241. The van der Waals surface area contributed by atoms with Gasteiger partial charge in [-0.3, -0.25) is 4.98 Å². The van der Waals surface area contributed by atoms with E-state index in [1.807, 2.05) is 0 Å². The highest BCUT2D eigenvalue weighted by Gasteiger charge is 2.00. The molecule has 1 rings (SSSR count). The maximum Gasteiger partial charge on any atom is 0.0671 e. The summed E-state index contributed by atoms with van der Waals surface area (Å²) in [6.45, 7) is 0.0483. The van der Waals surface area contributed by atoms with Crippen molar-refractivity contribution in [2.24, 2.45) is 0 Å². The minimum atomic E-state index is 0.0241. The Morgan fingerprint density at radius 1 is 1.00 bits per heavy atom. The molecule has 1 aromatic rings. The summed E-state index contributed by atoms with van der Waals surface area (Å²) in [5, 5.41) is 17.2. The minimum Gasteiger partial charge on any atom is -0.397 e. The number of anilines is 1. The second kappa shape index (κ2) is 7.29. The van der Waals surface area contributed by atoms with Gasteiger partial charge in [0.25, 0.3) is 0 Å². The topological polar surface area (TPSA) is 79.4 Å². The second-order valence-corrected chi connectivity index (χ2v) is 3.20. The molecule has 0 spiro atoms. The van der Waals surface area contributed by atoms with Gasteiger partial charge in [-0.05, 0) is 0 Å². The standard InChI is InChI=1S/C13H14N2O2/c14-13-11(5-1-3-7-16)9-15-10-12(13)6-2-4-8-17/h9-10,16-17H,3-4,7-8H2,(H2,14,15). The van der Waals surface area contributed by atoms with E-state index in [2.05, 4.69) is 28.7 Å². The lowest BCUT2D eigenvalue weighted by Gasteiger charge is -1.99. The van der Waals surface area contributed by atoms with Crippen LogP contribution in [-0.2, 0) is 0 Å². The quantitative estimate of drug-likeness (QED) is 0.631. The molecule has 1 heterocycles. The molecule has 0 aliphatic rings. The molecule has 0 unspecified atom stereocenters. The third-order valence-corrected chi connectivity index (χ3v) is 1.91. The van der Waals surface area contributed by atoms with E-state index in [4.69, 9.17) is 15.9 Å². The van der Waals surface area contributed by atoms with E-state index in [0.29, 0.717) is 29.7 Å². The van der Waals surface area contributed by atoms with Gasteiger partial charge in [0.1, 0.15) is 0 Å². The highest BCUT2D eigenvalue weighted by Crippen LogP contribution is 2.13. The summed E-state index contributed by atoms with van der Waals surface area (Å²) in [6, 6.07) is 0. The predicted molar refractivity (Wildman–Crippen MR) is 65.8 cm³/mol. The molecule has 0 aliphatic heterocycles. The molecule has 0 radical (unpaired) electrons. The molecule has 0 saturated heterocycles. The first kappa shape index (κ1) is 13.1. The molecule has 0 saturated carbocycles. The van der Waals surface area contributed by atoms with Crippen LogP contribution in [0.25, 0.3) is 0 Å². The lowest BCUT2D eigenvalue weighted by Crippen LogP contribution is -1.96. The van der Waals surface area contributed by atoms with E-state index < -0.39 is 0 Å². The fourth-order valence-corrected chi connectivity index (χ4v) is 1.10. The number of aliphatic hydroxyl groups is 2. The van der Waals surface area contributed by atoms with Crippen molar-refractivity contribution in [1.29, 1.82) is 0 Å². The average Bonchev–Trinajstić information content (AvgIpc) is 2.34. The van der Waals surface area contributed by atoms with Crippen LogP contribution in [0.1, 0.15) is 24.0 Å². The van der Waals surface area contributed by atoms with Crippen molar-refractivity contribution < 1.29 is 10.2 Å². The lowest BCUT2D eigenvalue weighted by molar-refractivity contribution is 0.304. The Kier molecular flexibility index (Phi) is 5.60. The van der Waals surface area contributed by atoms with Crippen LogP contribution >= 0.6 is 0 Å². The third kappa shape index (κ3) is 4.16. The molecule has 1 aromatic heterocycles. The maximum atomic E-state index is 8.62. The molecule has 4 nitrogen and oxygen atoms in total. The summed E-state index contributed by atoms with van der Waals surface area (Å²) in [5.74, 6) is 11.2. The van der Waals surface area contributed by atoms with Crippen LogP contribution in [0.3, 0.4) is 0 Å². The summed E-state index contributed by atoms with van der Waals surface area (Å²) in [4.78, 5) is 3.99. The van der Waals surface area contributed by atoms with E-state index >= 15 is 0 Å². The fourth-order valence-electron chi connectivity index (χ4n) is 1.10. The van der Waals surface area contributed by atoms with Gasteiger partial charge in [0.15, 0.2) is 0 Å². The van der Waals surface area contributed by atoms with Crippen LogP contribution in [0, 0.1) is 23.7 Å². The van der Waals surface area contributed by atoms with Gasteiger partial charge in [-0.1, -0.05) is 23.7 Å². The number of hydrogen-bond donors (Lipinski definition) is 3. The Bertz CT molecular complexity index is 447. The third-order valence-electron chi connectivity index (χ3n) is 1.91. The first-order chi connectivity index (χ1) is 8.29. The SMILES string of the molecule is Nc1c(C#CCCO)cncc1C#CCCO. The van der Waals surface area contributed by atoms with Crippen LogP contribution < -0.4 is 5.73 Å². The maximum absolute atomic E-state index is 8.62. The highest BCUT2D eigenvalue weighted by atomic mass is 16.3. The summed E-state index contributed by atoms with van der Waals surface area (Å²) in [5.41, 5.74) is 7.57. The number of aromatic nitrogens is 1. The Morgan fingerprint density at radius 2 is 1.47 bits per heavy atom. The van der Waals surface area contributed by atoms with E-state index in [1.165, 1.54) is 0 Å². The number of aliphatic hydroxyl groups excluding tert-OH is 2. The van der Waals surface area contributed by atoms with E-state index in [1.54, 1.807) is 12.4 Å². The molecule has 0 aliphatic carbocycles. The second-order valence-electron chi connectivity index (χ2n) is 3.20. The van der Waals surface area contributed by atoms with Crippen LogP contribution in [0.5, 0.6) is 0 Å². The number of pyridine rings is 1. The zero-order valence-corrected chi connectivity index (χ0v) is 9.40. The molecule has 0 fully saturated rings. The number of rotatable bonds is 2.